The number of amides is 1. The number of carbonyl (C=O) groups excluding carboxylic acids is 1. The van der Waals surface area contributed by atoms with Gasteiger partial charge in [-0.25, -0.2) is 0 Å². The lowest BCUT2D eigenvalue weighted by Crippen LogP contribution is -2.30. The van der Waals surface area contributed by atoms with E-state index in [9.17, 15) is 4.79 Å². The Morgan fingerprint density at radius 1 is 0.871 bits per heavy atom. The first-order valence-corrected chi connectivity index (χ1v) is 10.8. The predicted molar refractivity (Wildman–Crippen MR) is 122 cm³/mol. The highest BCUT2D eigenvalue weighted by molar-refractivity contribution is 6.99. The molecule has 1 aromatic heterocycles. The summed E-state index contributed by atoms with van der Waals surface area (Å²) in [7, 11) is 0. The van der Waals surface area contributed by atoms with Crippen molar-refractivity contribution in [2.75, 3.05) is 0 Å². The van der Waals surface area contributed by atoms with E-state index >= 15 is 0 Å². The number of hydrogen-bond donors (Lipinski definition) is 0. The summed E-state index contributed by atoms with van der Waals surface area (Å²) in [5.41, 5.74) is 4.46. The summed E-state index contributed by atoms with van der Waals surface area (Å²) in [6.45, 7) is 3.30. The van der Waals surface area contributed by atoms with Gasteiger partial charge < -0.3 is 9.64 Å². The third kappa shape index (κ3) is 5.55. The van der Waals surface area contributed by atoms with Crippen LogP contribution in [0.2, 0.25) is 0 Å². The molecule has 0 fully saturated rings. The lowest BCUT2D eigenvalue weighted by molar-refractivity contribution is 0.0729. The fourth-order valence-electron chi connectivity index (χ4n) is 3.24. The van der Waals surface area contributed by atoms with E-state index in [0.29, 0.717) is 31.0 Å². The first-order chi connectivity index (χ1) is 15.2. The van der Waals surface area contributed by atoms with Crippen LogP contribution in [0.4, 0.5) is 0 Å². The Balaban J connectivity index is 1.53. The molecular formula is C25H23N3O2S. The van der Waals surface area contributed by atoms with E-state index in [1.54, 1.807) is 6.07 Å². The van der Waals surface area contributed by atoms with Crippen LogP contribution in [0.25, 0.3) is 0 Å². The Morgan fingerprint density at radius 3 is 2.10 bits per heavy atom. The lowest BCUT2D eigenvalue weighted by atomic mass is 10.1. The third-order valence-electron chi connectivity index (χ3n) is 4.92. The zero-order valence-corrected chi connectivity index (χ0v) is 18.1. The molecule has 1 amide bonds. The molecule has 1 heterocycles. The van der Waals surface area contributed by atoms with E-state index in [4.69, 9.17) is 4.74 Å². The molecule has 0 aliphatic heterocycles. The molecular weight excluding hydrogens is 406 g/mol. The van der Waals surface area contributed by atoms with Gasteiger partial charge in [0, 0.05) is 18.7 Å². The summed E-state index contributed by atoms with van der Waals surface area (Å²) in [6, 6.07) is 27.4. The van der Waals surface area contributed by atoms with Gasteiger partial charge in [-0.1, -0.05) is 66.7 Å². The number of aryl methyl sites for hydroxylation is 1. The number of rotatable bonds is 8. The molecule has 31 heavy (non-hydrogen) atoms. The highest BCUT2D eigenvalue weighted by Gasteiger charge is 2.17. The Morgan fingerprint density at radius 2 is 1.52 bits per heavy atom. The van der Waals surface area contributed by atoms with Crippen molar-refractivity contribution in [2.24, 2.45) is 0 Å². The number of ether oxygens (including phenoxy) is 1. The second-order valence-corrected chi connectivity index (χ2v) is 7.77. The maximum absolute atomic E-state index is 13.4. The van der Waals surface area contributed by atoms with Crippen molar-refractivity contribution >= 4 is 17.6 Å². The zero-order valence-electron chi connectivity index (χ0n) is 17.3. The average molecular weight is 430 g/mol. The summed E-state index contributed by atoms with van der Waals surface area (Å²) in [4.78, 5) is 15.3. The van der Waals surface area contributed by atoms with Crippen LogP contribution in [-0.2, 0) is 19.7 Å². The van der Waals surface area contributed by atoms with Gasteiger partial charge in [0.2, 0.25) is 0 Å². The summed E-state index contributed by atoms with van der Waals surface area (Å²) < 4.78 is 14.3. The van der Waals surface area contributed by atoms with Crippen LogP contribution in [0.1, 0.15) is 32.9 Å². The van der Waals surface area contributed by atoms with Gasteiger partial charge in [-0.15, -0.1) is 0 Å². The van der Waals surface area contributed by atoms with Crippen LogP contribution in [0.5, 0.6) is 5.75 Å². The Hall–Kier alpha value is -3.51. The Kier molecular flexibility index (Phi) is 6.69. The van der Waals surface area contributed by atoms with Crippen LogP contribution >= 0.6 is 11.7 Å². The molecule has 4 rings (SSSR count). The van der Waals surface area contributed by atoms with Crippen molar-refractivity contribution in [3.05, 3.63) is 113 Å². The fourth-order valence-corrected chi connectivity index (χ4v) is 3.79. The van der Waals surface area contributed by atoms with Gasteiger partial charge in [-0.05, 0) is 36.2 Å². The van der Waals surface area contributed by atoms with Crippen LogP contribution in [0, 0.1) is 6.92 Å². The molecule has 5 nitrogen and oxygen atoms in total. The molecule has 0 saturated heterocycles. The van der Waals surface area contributed by atoms with E-state index in [-0.39, 0.29) is 5.91 Å². The average Bonchev–Trinajstić information content (AvgIpc) is 3.23. The van der Waals surface area contributed by atoms with E-state index < -0.39 is 0 Å². The minimum Gasteiger partial charge on any atom is -0.487 e. The van der Waals surface area contributed by atoms with Crippen molar-refractivity contribution in [1.29, 1.82) is 0 Å². The second-order valence-electron chi connectivity index (χ2n) is 7.25. The lowest BCUT2D eigenvalue weighted by Gasteiger charge is -2.23. The Bertz CT molecular complexity index is 1090. The maximum Gasteiger partial charge on any atom is 0.254 e. The molecule has 0 unspecified atom stereocenters. The molecule has 0 atom stereocenters. The molecule has 0 aliphatic rings. The van der Waals surface area contributed by atoms with Crippen molar-refractivity contribution in [2.45, 2.75) is 26.6 Å². The second kappa shape index (κ2) is 10.00. The summed E-state index contributed by atoms with van der Waals surface area (Å²) in [5.74, 6) is 0.599. The largest absolute Gasteiger partial charge is 0.487 e. The first-order valence-electron chi connectivity index (χ1n) is 10.1. The van der Waals surface area contributed by atoms with Crippen molar-refractivity contribution in [3.63, 3.8) is 0 Å². The molecule has 0 saturated carbocycles. The number of nitrogens with zero attached hydrogens (tertiary/aromatic N) is 3. The quantitative estimate of drug-likeness (QED) is 0.383. The highest BCUT2D eigenvalue weighted by atomic mass is 32.1. The van der Waals surface area contributed by atoms with Gasteiger partial charge in [0.15, 0.2) is 0 Å². The van der Waals surface area contributed by atoms with Crippen molar-refractivity contribution in [1.82, 2.24) is 13.6 Å². The summed E-state index contributed by atoms with van der Waals surface area (Å²) >= 11 is 1.17. The fraction of sp³-hybridized carbons (Fsp3) is 0.160. The minimum atomic E-state index is -0.0374. The molecule has 0 radical (unpaired) electrons. The van der Waals surface area contributed by atoms with Gasteiger partial charge in [-0.3, -0.25) is 4.79 Å². The highest BCUT2D eigenvalue weighted by Crippen LogP contribution is 2.20. The minimum absolute atomic E-state index is 0.0374. The normalized spacial score (nSPS) is 10.6. The van der Waals surface area contributed by atoms with E-state index in [1.807, 2.05) is 90.7 Å². The molecule has 156 valence electrons. The van der Waals surface area contributed by atoms with Crippen LogP contribution in [0.15, 0.2) is 84.9 Å². The first kappa shape index (κ1) is 20.8. The zero-order chi connectivity index (χ0) is 21.5. The topological polar surface area (TPSA) is 55.3 Å². The number of carbonyl (C=O) groups is 1. The monoisotopic (exact) mass is 429 g/mol. The predicted octanol–water partition coefficient (Wildman–Crippen LogP) is 5.27. The van der Waals surface area contributed by atoms with Crippen LogP contribution < -0.4 is 4.74 Å². The van der Waals surface area contributed by atoms with E-state index in [2.05, 4.69) is 8.75 Å². The standard InChI is InChI=1S/C25H23N3O2S/c1-19-24(27-31-26-19)18-30-23-14-8-13-22(15-23)25(29)28(16-20-9-4-2-5-10-20)17-21-11-6-3-7-12-21/h2-15H,16-18H2,1H3. The third-order valence-corrected chi connectivity index (χ3v) is 5.58. The molecule has 0 bridgehead atoms. The summed E-state index contributed by atoms with van der Waals surface area (Å²) in [5, 5.41) is 0. The number of benzene rings is 3. The van der Waals surface area contributed by atoms with Gasteiger partial charge in [-0.2, -0.15) is 8.75 Å². The van der Waals surface area contributed by atoms with Gasteiger partial charge in [0.1, 0.15) is 18.1 Å². The van der Waals surface area contributed by atoms with Crippen LogP contribution in [0.3, 0.4) is 0 Å². The van der Waals surface area contributed by atoms with Crippen LogP contribution in [-0.4, -0.2) is 19.6 Å². The van der Waals surface area contributed by atoms with Crippen molar-refractivity contribution < 1.29 is 9.53 Å². The van der Waals surface area contributed by atoms with Gasteiger partial charge in [0.05, 0.1) is 17.4 Å². The molecule has 6 heteroatoms. The summed E-state index contributed by atoms with van der Waals surface area (Å²) in [6.07, 6.45) is 0. The molecule has 0 N–H and O–H groups in total. The molecule has 0 spiro atoms. The maximum atomic E-state index is 13.4. The van der Waals surface area contributed by atoms with Gasteiger partial charge >= 0.3 is 0 Å². The molecule has 0 aliphatic carbocycles. The Labute approximate surface area is 186 Å². The van der Waals surface area contributed by atoms with Gasteiger partial charge in [0.25, 0.3) is 5.91 Å². The van der Waals surface area contributed by atoms with Crippen molar-refractivity contribution in [3.8, 4) is 5.75 Å². The molecule has 4 aromatic rings. The smallest absolute Gasteiger partial charge is 0.254 e. The van der Waals surface area contributed by atoms with E-state index in [1.165, 1.54) is 11.7 Å². The SMILES string of the molecule is Cc1nsnc1COc1cccc(C(=O)N(Cc2ccccc2)Cc2ccccc2)c1. The number of hydrogen-bond acceptors (Lipinski definition) is 5. The molecule has 3 aromatic carbocycles. The van der Waals surface area contributed by atoms with E-state index in [0.717, 1.165) is 22.5 Å². The number of aromatic nitrogens is 2.